The Labute approximate surface area is 206 Å². The second-order valence-corrected chi connectivity index (χ2v) is 8.96. The van der Waals surface area contributed by atoms with E-state index in [1.807, 2.05) is 23.0 Å². The number of pyridine rings is 2. The lowest BCUT2D eigenvalue weighted by Gasteiger charge is -2.21. The van der Waals surface area contributed by atoms with Crippen molar-refractivity contribution in [2.75, 3.05) is 18.5 Å². The molecular weight excluding hydrogens is 462 g/mol. The Bertz CT molecular complexity index is 1390. The molecule has 2 N–H and O–H groups in total. The van der Waals surface area contributed by atoms with Gasteiger partial charge in [0.2, 0.25) is 0 Å². The number of rotatable bonds is 8. The number of ether oxygens (including phenoxy) is 2. The summed E-state index contributed by atoms with van der Waals surface area (Å²) in [6.45, 7) is 1.49. The molecule has 4 aromatic rings. The van der Waals surface area contributed by atoms with Gasteiger partial charge in [0.15, 0.2) is 5.75 Å². The van der Waals surface area contributed by atoms with Gasteiger partial charge >= 0.3 is 5.97 Å². The maximum atomic E-state index is 11.2. The minimum absolute atomic E-state index is 0.0471. The van der Waals surface area contributed by atoms with Gasteiger partial charge in [-0.15, -0.1) is 0 Å². The number of carbonyl (C=O) groups is 1. The molecule has 2 aliphatic rings. The monoisotopic (exact) mass is 487 g/mol. The third-order valence-corrected chi connectivity index (χ3v) is 6.30. The third-order valence-electron chi connectivity index (χ3n) is 6.30. The second-order valence-electron chi connectivity index (χ2n) is 8.96. The van der Waals surface area contributed by atoms with E-state index < -0.39 is 5.97 Å². The Kier molecular flexibility index (Phi) is 5.82. The van der Waals surface area contributed by atoms with Crippen LogP contribution in [0.5, 0.6) is 11.5 Å². The van der Waals surface area contributed by atoms with Crippen LogP contribution in [0, 0.1) is 0 Å². The summed E-state index contributed by atoms with van der Waals surface area (Å²) in [5, 5.41) is 21.6. The van der Waals surface area contributed by atoms with Crippen molar-refractivity contribution in [2.45, 2.75) is 37.6 Å². The van der Waals surface area contributed by atoms with Crippen molar-refractivity contribution in [3.8, 4) is 17.2 Å². The maximum absolute atomic E-state index is 11.2. The van der Waals surface area contributed by atoms with E-state index in [1.165, 1.54) is 12.3 Å². The van der Waals surface area contributed by atoms with Crippen LogP contribution in [0.3, 0.4) is 0 Å². The summed E-state index contributed by atoms with van der Waals surface area (Å²) >= 11 is 0. The van der Waals surface area contributed by atoms with Gasteiger partial charge in [0.05, 0.1) is 36.0 Å². The molecule has 6 rings (SSSR count). The fourth-order valence-corrected chi connectivity index (χ4v) is 4.27. The molecule has 4 aromatic heterocycles. The molecule has 2 fully saturated rings. The minimum atomic E-state index is -1.09. The number of hydrogen-bond acceptors (Lipinski definition) is 8. The molecule has 0 amide bonds. The fraction of sp³-hybridized carbons (Fsp3) is 0.320. The lowest BCUT2D eigenvalue weighted by molar-refractivity contribution is 0.0690. The van der Waals surface area contributed by atoms with Crippen molar-refractivity contribution in [1.29, 1.82) is 0 Å². The molecule has 0 unspecified atom stereocenters. The zero-order chi connectivity index (χ0) is 24.5. The normalized spacial score (nSPS) is 16.1. The highest BCUT2D eigenvalue weighted by molar-refractivity contribution is 5.85. The van der Waals surface area contributed by atoms with Crippen LogP contribution in [0.2, 0.25) is 0 Å². The highest BCUT2D eigenvalue weighted by Gasteiger charge is 2.29. The number of carboxylic acids is 1. The van der Waals surface area contributed by atoms with Gasteiger partial charge in [-0.1, -0.05) is 0 Å². The smallest absolute Gasteiger partial charge is 0.354 e. The van der Waals surface area contributed by atoms with Crippen LogP contribution in [0.4, 0.5) is 11.5 Å². The molecule has 36 heavy (non-hydrogen) atoms. The van der Waals surface area contributed by atoms with Gasteiger partial charge in [0.1, 0.15) is 23.0 Å². The van der Waals surface area contributed by atoms with Crippen molar-refractivity contribution in [2.24, 2.45) is 0 Å². The molecule has 11 nitrogen and oxygen atoms in total. The van der Waals surface area contributed by atoms with Crippen LogP contribution in [0.25, 0.3) is 5.69 Å². The van der Waals surface area contributed by atoms with E-state index in [1.54, 1.807) is 29.3 Å². The standard InChI is InChI=1S/C25H25N7O4/c33-25(34)21-11-19(3-7-26-21)31-14-17(13-28-31)29-23-12-20(4-8-27-23)36-22-15-32(18-1-2-18)30-24(22)16-5-9-35-10-6-16/h3-4,7-8,11-16,18H,1-2,5-6,9-10H2,(H,27,29)(H,33,34). The average molecular weight is 488 g/mol. The van der Waals surface area contributed by atoms with E-state index in [-0.39, 0.29) is 5.69 Å². The molecule has 0 spiro atoms. The molecule has 1 saturated heterocycles. The summed E-state index contributed by atoms with van der Waals surface area (Å²) in [4.78, 5) is 19.4. The number of nitrogens with one attached hydrogen (secondary N) is 1. The number of aromatic nitrogens is 6. The Morgan fingerprint density at radius 1 is 1.08 bits per heavy atom. The summed E-state index contributed by atoms with van der Waals surface area (Å²) in [6.07, 6.45) is 12.7. The predicted octanol–water partition coefficient (Wildman–Crippen LogP) is 4.32. The number of hydrogen-bond donors (Lipinski definition) is 2. The van der Waals surface area contributed by atoms with Crippen molar-refractivity contribution in [3.05, 3.63) is 66.6 Å². The van der Waals surface area contributed by atoms with Gasteiger partial charge in [-0.05, 0) is 43.9 Å². The molecule has 0 aromatic carbocycles. The van der Waals surface area contributed by atoms with Gasteiger partial charge in [-0.25, -0.2) is 19.4 Å². The molecule has 11 heteroatoms. The summed E-state index contributed by atoms with van der Waals surface area (Å²) in [7, 11) is 0. The van der Waals surface area contributed by atoms with Crippen LogP contribution in [0.15, 0.2) is 55.2 Å². The summed E-state index contributed by atoms with van der Waals surface area (Å²) in [6, 6.07) is 7.27. The highest BCUT2D eigenvalue weighted by atomic mass is 16.5. The van der Waals surface area contributed by atoms with Crippen LogP contribution < -0.4 is 10.1 Å². The van der Waals surface area contributed by atoms with Crippen LogP contribution in [0.1, 0.15) is 53.8 Å². The molecule has 184 valence electrons. The molecule has 1 saturated carbocycles. The molecule has 0 atom stereocenters. The van der Waals surface area contributed by atoms with Crippen LogP contribution >= 0.6 is 0 Å². The first-order chi connectivity index (χ1) is 17.6. The number of anilines is 2. The lowest BCUT2D eigenvalue weighted by Crippen LogP contribution is -2.15. The Balaban J connectivity index is 1.20. The lowest BCUT2D eigenvalue weighted by atomic mass is 9.96. The zero-order valence-corrected chi connectivity index (χ0v) is 19.4. The van der Waals surface area contributed by atoms with E-state index in [4.69, 9.17) is 14.6 Å². The summed E-state index contributed by atoms with van der Waals surface area (Å²) in [5.74, 6) is 1.27. The summed E-state index contributed by atoms with van der Waals surface area (Å²) in [5.41, 5.74) is 2.23. The van der Waals surface area contributed by atoms with E-state index in [2.05, 4.69) is 20.4 Å². The van der Waals surface area contributed by atoms with Crippen molar-refractivity contribution >= 4 is 17.5 Å². The SMILES string of the molecule is O=C(O)c1cc(-n2cc(Nc3cc(Oc4cn(C5CC5)nc4C4CCOCC4)ccn3)cn2)ccn1. The van der Waals surface area contributed by atoms with Crippen molar-refractivity contribution < 1.29 is 19.4 Å². The Hall–Kier alpha value is -4.25. The minimum Gasteiger partial charge on any atom is -0.477 e. The van der Waals surface area contributed by atoms with Gasteiger partial charge in [-0.3, -0.25) is 4.68 Å². The van der Waals surface area contributed by atoms with Crippen LogP contribution in [-0.2, 0) is 4.74 Å². The molecular formula is C25H25N7O4. The Morgan fingerprint density at radius 3 is 2.72 bits per heavy atom. The number of nitrogens with zero attached hydrogens (tertiary/aromatic N) is 6. The van der Waals surface area contributed by atoms with E-state index in [0.29, 0.717) is 34.9 Å². The molecule has 1 aliphatic carbocycles. The van der Waals surface area contributed by atoms with E-state index in [0.717, 1.165) is 50.3 Å². The number of aromatic carboxylic acids is 1. The Morgan fingerprint density at radius 2 is 1.92 bits per heavy atom. The predicted molar refractivity (Wildman–Crippen MR) is 129 cm³/mol. The molecule has 0 bridgehead atoms. The average Bonchev–Trinajstić information content (AvgIpc) is 3.51. The fourth-order valence-electron chi connectivity index (χ4n) is 4.27. The van der Waals surface area contributed by atoms with Gasteiger partial charge in [0.25, 0.3) is 0 Å². The molecule has 1 aliphatic heterocycles. The van der Waals surface area contributed by atoms with E-state index in [9.17, 15) is 9.90 Å². The van der Waals surface area contributed by atoms with Crippen molar-refractivity contribution in [3.63, 3.8) is 0 Å². The van der Waals surface area contributed by atoms with Crippen molar-refractivity contribution in [1.82, 2.24) is 29.5 Å². The van der Waals surface area contributed by atoms with E-state index >= 15 is 0 Å². The largest absolute Gasteiger partial charge is 0.477 e. The van der Waals surface area contributed by atoms with Gasteiger partial charge < -0.3 is 19.9 Å². The summed E-state index contributed by atoms with van der Waals surface area (Å²) < 4.78 is 15.5. The maximum Gasteiger partial charge on any atom is 0.354 e. The molecule has 5 heterocycles. The first-order valence-electron chi connectivity index (χ1n) is 11.9. The van der Waals surface area contributed by atoms with Gasteiger partial charge in [0, 0.05) is 37.6 Å². The zero-order valence-electron chi connectivity index (χ0n) is 19.4. The number of carboxylic acid groups (broad SMARTS) is 1. The highest BCUT2D eigenvalue weighted by Crippen LogP contribution is 2.40. The van der Waals surface area contributed by atoms with Gasteiger partial charge in [-0.2, -0.15) is 10.2 Å². The topological polar surface area (TPSA) is 129 Å². The molecule has 0 radical (unpaired) electrons. The second kappa shape index (κ2) is 9.42. The first kappa shape index (κ1) is 22.2. The third kappa shape index (κ3) is 4.78. The van der Waals surface area contributed by atoms with Crippen LogP contribution in [-0.4, -0.2) is 53.8 Å². The first-order valence-corrected chi connectivity index (χ1v) is 11.9. The quantitative estimate of drug-likeness (QED) is 0.373.